The van der Waals surface area contributed by atoms with Crippen LogP contribution in [0.15, 0.2) is 42.7 Å². The van der Waals surface area contributed by atoms with E-state index in [0.29, 0.717) is 19.0 Å². The van der Waals surface area contributed by atoms with E-state index in [1.54, 1.807) is 12.1 Å². The van der Waals surface area contributed by atoms with Crippen molar-refractivity contribution in [2.45, 2.75) is 6.92 Å². The zero-order chi connectivity index (χ0) is 12.3. The molecule has 0 fully saturated rings. The first-order chi connectivity index (χ1) is 8.33. The summed E-state index contributed by atoms with van der Waals surface area (Å²) in [7, 11) is 0. The van der Waals surface area contributed by atoms with Crippen LogP contribution in [0.5, 0.6) is 5.75 Å². The molecule has 0 aliphatic rings. The van der Waals surface area contributed by atoms with Gasteiger partial charge in [0.05, 0.1) is 18.9 Å². The highest BCUT2D eigenvalue weighted by molar-refractivity contribution is 5.81. The van der Waals surface area contributed by atoms with Crippen LogP contribution >= 0.6 is 0 Å². The van der Waals surface area contributed by atoms with Crippen LogP contribution < -0.4 is 4.74 Å². The Morgan fingerprint density at radius 1 is 1.24 bits per heavy atom. The Kier molecular flexibility index (Phi) is 6.51. The maximum Gasteiger partial charge on any atom is 0.333 e. The van der Waals surface area contributed by atoms with Gasteiger partial charge in [-0.3, -0.25) is 0 Å². The summed E-state index contributed by atoms with van der Waals surface area (Å²) in [6.45, 7) is 3.16. The molecule has 0 N–H and O–H groups in total. The van der Waals surface area contributed by atoms with Crippen LogP contribution in [0, 0.1) is 0 Å². The molecule has 0 aromatic heterocycles. The monoisotopic (exact) mass is 236 g/mol. The van der Waals surface area contributed by atoms with Crippen LogP contribution in [0.3, 0.4) is 0 Å². The fourth-order valence-corrected chi connectivity index (χ4v) is 1.06. The van der Waals surface area contributed by atoms with E-state index >= 15 is 0 Å². The van der Waals surface area contributed by atoms with Crippen LogP contribution in [-0.4, -0.2) is 25.8 Å². The second-order valence-electron chi connectivity index (χ2n) is 3.10. The number of ether oxygens (including phenoxy) is 3. The average molecular weight is 236 g/mol. The van der Waals surface area contributed by atoms with E-state index in [1.807, 2.05) is 25.1 Å². The van der Waals surface area contributed by atoms with Crippen molar-refractivity contribution < 1.29 is 19.0 Å². The van der Waals surface area contributed by atoms with Crippen LogP contribution in [-0.2, 0) is 14.3 Å². The molecule has 0 aliphatic heterocycles. The smallest absolute Gasteiger partial charge is 0.333 e. The second-order valence-corrected chi connectivity index (χ2v) is 3.10. The van der Waals surface area contributed by atoms with Crippen LogP contribution in [0.4, 0.5) is 0 Å². The third kappa shape index (κ3) is 6.37. The molecule has 17 heavy (non-hydrogen) atoms. The van der Waals surface area contributed by atoms with Gasteiger partial charge in [0, 0.05) is 6.61 Å². The molecule has 4 heteroatoms. The third-order valence-corrected chi connectivity index (χ3v) is 1.83. The quantitative estimate of drug-likeness (QED) is 0.315. The Labute approximate surface area is 101 Å². The Hall–Kier alpha value is -1.81. The van der Waals surface area contributed by atoms with Crippen LogP contribution in [0.2, 0.25) is 0 Å². The van der Waals surface area contributed by atoms with Gasteiger partial charge in [0.15, 0.2) is 0 Å². The fourth-order valence-electron chi connectivity index (χ4n) is 1.06. The topological polar surface area (TPSA) is 44.8 Å². The summed E-state index contributed by atoms with van der Waals surface area (Å²) in [5.41, 5.74) is 0. The molecule has 1 rings (SSSR count). The van der Waals surface area contributed by atoms with Gasteiger partial charge in [0.1, 0.15) is 12.4 Å². The van der Waals surface area contributed by atoms with Gasteiger partial charge >= 0.3 is 5.97 Å². The summed E-state index contributed by atoms with van der Waals surface area (Å²) >= 11 is 0. The highest BCUT2D eigenvalue weighted by atomic mass is 16.6. The maximum atomic E-state index is 11.2. The summed E-state index contributed by atoms with van der Waals surface area (Å²) in [6.07, 6.45) is 2.54. The minimum Gasteiger partial charge on any atom is -0.465 e. The molecule has 0 spiro atoms. The molecule has 4 nitrogen and oxygen atoms in total. The lowest BCUT2D eigenvalue weighted by Crippen LogP contribution is -2.08. The fraction of sp³-hybridized carbons (Fsp3) is 0.308. The Bertz CT molecular complexity index is 346. The minimum absolute atomic E-state index is 0.252. The number of carbonyl (C=O) groups is 1. The van der Waals surface area contributed by atoms with E-state index in [2.05, 4.69) is 0 Å². The predicted octanol–water partition coefficient (Wildman–Crippen LogP) is 2.16. The summed E-state index contributed by atoms with van der Waals surface area (Å²) in [6, 6.07) is 9.18. The number of hydrogen-bond acceptors (Lipinski definition) is 4. The van der Waals surface area contributed by atoms with Crippen molar-refractivity contribution in [3.63, 3.8) is 0 Å². The largest absolute Gasteiger partial charge is 0.465 e. The van der Waals surface area contributed by atoms with Gasteiger partial charge in [-0.05, 0) is 19.1 Å². The lowest BCUT2D eigenvalue weighted by molar-refractivity contribution is -0.139. The molecular weight excluding hydrogens is 220 g/mol. The number of benzene rings is 1. The molecule has 0 unspecified atom stereocenters. The van der Waals surface area contributed by atoms with Crippen LogP contribution in [0.1, 0.15) is 6.92 Å². The van der Waals surface area contributed by atoms with Crippen molar-refractivity contribution in [2.75, 3.05) is 19.8 Å². The summed E-state index contributed by atoms with van der Waals surface area (Å²) in [5.74, 6) is 0.228. The van der Waals surface area contributed by atoms with E-state index in [1.165, 1.54) is 12.3 Å². The summed E-state index contributed by atoms with van der Waals surface area (Å²) in [4.78, 5) is 11.2. The second kappa shape index (κ2) is 8.35. The van der Waals surface area contributed by atoms with Gasteiger partial charge in [-0.2, -0.15) is 0 Å². The van der Waals surface area contributed by atoms with Crippen molar-refractivity contribution in [3.8, 4) is 5.75 Å². The molecule has 0 saturated heterocycles. The number of para-hydroxylation sites is 1. The first-order valence-electron chi connectivity index (χ1n) is 5.45. The summed E-state index contributed by atoms with van der Waals surface area (Å²) < 4.78 is 15.1. The Balaban J connectivity index is 2.18. The van der Waals surface area contributed by atoms with E-state index in [0.717, 1.165) is 0 Å². The molecule has 0 saturated carbocycles. The first-order valence-corrected chi connectivity index (χ1v) is 5.45. The molecule has 0 heterocycles. The minimum atomic E-state index is -0.444. The zero-order valence-electron chi connectivity index (χ0n) is 9.80. The average Bonchev–Trinajstić information content (AvgIpc) is 2.36. The van der Waals surface area contributed by atoms with E-state index in [4.69, 9.17) is 14.2 Å². The van der Waals surface area contributed by atoms with Gasteiger partial charge in [0.2, 0.25) is 0 Å². The van der Waals surface area contributed by atoms with Gasteiger partial charge in [0.25, 0.3) is 0 Å². The zero-order valence-corrected chi connectivity index (χ0v) is 9.80. The third-order valence-electron chi connectivity index (χ3n) is 1.83. The standard InChI is InChI=1S/C13H16O4/c1-2-15-10-11-17-13(14)8-9-16-12-6-4-3-5-7-12/h3-9H,2,10-11H2,1H3. The molecule has 0 aliphatic carbocycles. The molecule has 1 aromatic carbocycles. The van der Waals surface area contributed by atoms with Crippen molar-refractivity contribution in [1.82, 2.24) is 0 Å². The van der Waals surface area contributed by atoms with E-state index in [9.17, 15) is 4.79 Å². The Morgan fingerprint density at radius 3 is 2.71 bits per heavy atom. The molecular formula is C13H16O4. The molecule has 1 aromatic rings. The molecule has 92 valence electrons. The van der Waals surface area contributed by atoms with Gasteiger partial charge < -0.3 is 14.2 Å². The molecule has 0 atom stereocenters. The first kappa shape index (κ1) is 13.3. The highest BCUT2D eigenvalue weighted by Gasteiger charge is 1.96. The van der Waals surface area contributed by atoms with Gasteiger partial charge in [-0.25, -0.2) is 4.79 Å². The van der Waals surface area contributed by atoms with E-state index in [-0.39, 0.29) is 6.61 Å². The van der Waals surface area contributed by atoms with Crippen molar-refractivity contribution in [1.29, 1.82) is 0 Å². The van der Waals surface area contributed by atoms with Crippen molar-refractivity contribution in [2.24, 2.45) is 0 Å². The normalized spacial score (nSPS) is 10.4. The van der Waals surface area contributed by atoms with Crippen molar-refractivity contribution >= 4 is 5.97 Å². The molecule has 0 radical (unpaired) electrons. The number of esters is 1. The van der Waals surface area contributed by atoms with E-state index < -0.39 is 5.97 Å². The number of hydrogen-bond donors (Lipinski definition) is 0. The number of rotatable bonds is 7. The van der Waals surface area contributed by atoms with Gasteiger partial charge in [-0.15, -0.1) is 0 Å². The lowest BCUT2D eigenvalue weighted by Gasteiger charge is -2.02. The number of carbonyl (C=O) groups excluding carboxylic acids is 1. The maximum absolute atomic E-state index is 11.2. The van der Waals surface area contributed by atoms with Gasteiger partial charge in [-0.1, -0.05) is 18.2 Å². The highest BCUT2D eigenvalue weighted by Crippen LogP contribution is 2.08. The predicted molar refractivity (Wildman–Crippen MR) is 63.7 cm³/mol. The molecule has 0 bridgehead atoms. The van der Waals surface area contributed by atoms with Crippen molar-refractivity contribution in [3.05, 3.63) is 42.7 Å². The Morgan fingerprint density at radius 2 is 2.00 bits per heavy atom. The lowest BCUT2D eigenvalue weighted by atomic mass is 10.3. The molecule has 0 amide bonds. The van der Waals surface area contributed by atoms with Crippen LogP contribution in [0.25, 0.3) is 0 Å². The summed E-state index contributed by atoms with van der Waals surface area (Å²) in [5, 5.41) is 0. The SMILES string of the molecule is CCOCCOC(=O)C=COc1ccccc1.